The zero-order valence-electron chi connectivity index (χ0n) is 8.49. The number of anilines is 2. The van der Waals surface area contributed by atoms with Gasteiger partial charge in [0.25, 0.3) is 0 Å². The van der Waals surface area contributed by atoms with Crippen molar-refractivity contribution in [2.24, 2.45) is 0 Å². The molecule has 1 aromatic heterocycles. The Morgan fingerprint density at radius 1 is 1.50 bits per heavy atom. The van der Waals surface area contributed by atoms with Crippen LogP contribution in [0.1, 0.15) is 12.8 Å². The van der Waals surface area contributed by atoms with Gasteiger partial charge in [-0.05, 0) is 30.9 Å². The molecule has 0 aromatic carbocycles. The van der Waals surface area contributed by atoms with Crippen LogP contribution in [-0.2, 0) is 0 Å². The van der Waals surface area contributed by atoms with Gasteiger partial charge in [-0.3, -0.25) is 4.98 Å². The minimum Gasteiger partial charge on any atom is -0.396 e. The van der Waals surface area contributed by atoms with Crippen molar-refractivity contribution < 1.29 is 0 Å². The number of aromatic nitrogens is 1. The molecule has 0 bridgehead atoms. The highest BCUT2D eigenvalue weighted by Crippen LogP contribution is 2.14. The molecular weight excluding hydrogens is 194 g/mol. The van der Waals surface area contributed by atoms with Crippen molar-refractivity contribution in [3.8, 4) is 0 Å². The molecule has 0 amide bonds. The predicted octanol–water partition coefficient (Wildman–Crippen LogP) is 2.22. The smallest absolute Gasteiger partial charge is 0.0736 e. The number of nitrogen functional groups attached to an aromatic ring is 1. The summed E-state index contributed by atoms with van der Waals surface area (Å²) in [4.78, 5) is 3.93. The highest BCUT2D eigenvalue weighted by molar-refractivity contribution is 7.98. The van der Waals surface area contributed by atoms with E-state index in [0.717, 1.165) is 17.9 Å². The minimum atomic E-state index is 0.720. The lowest BCUT2D eigenvalue weighted by Crippen LogP contribution is -2.04. The topological polar surface area (TPSA) is 50.9 Å². The van der Waals surface area contributed by atoms with Gasteiger partial charge in [0.2, 0.25) is 0 Å². The second-order valence-electron chi connectivity index (χ2n) is 3.09. The molecule has 78 valence electrons. The van der Waals surface area contributed by atoms with Gasteiger partial charge in [-0.25, -0.2) is 0 Å². The fraction of sp³-hybridized carbons (Fsp3) is 0.500. The van der Waals surface area contributed by atoms with Crippen LogP contribution in [0.4, 0.5) is 11.4 Å². The van der Waals surface area contributed by atoms with Crippen LogP contribution in [0.5, 0.6) is 0 Å². The van der Waals surface area contributed by atoms with Gasteiger partial charge in [0.15, 0.2) is 0 Å². The number of pyridine rings is 1. The van der Waals surface area contributed by atoms with Crippen LogP contribution in [0.3, 0.4) is 0 Å². The summed E-state index contributed by atoms with van der Waals surface area (Å²) in [7, 11) is 0. The Morgan fingerprint density at radius 3 is 3.07 bits per heavy atom. The molecule has 0 aliphatic rings. The van der Waals surface area contributed by atoms with E-state index in [9.17, 15) is 0 Å². The van der Waals surface area contributed by atoms with Gasteiger partial charge in [-0.15, -0.1) is 0 Å². The first-order valence-electron chi connectivity index (χ1n) is 4.77. The molecule has 0 unspecified atom stereocenters. The second kappa shape index (κ2) is 6.54. The number of nitrogens with two attached hydrogens (primary N) is 1. The highest BCUT2D eigenvalue weighted by atomic mass is 32.2. The molecular formula is C10H17N3S. The number of hydrogen-bond donors (Lipinski definition) is 2. The predicted molar refractivity (Wildman–Crippen MR) is 64.8 cm³/mol. The number of nitrogens with one attached hydrogen (secondary N) is 1. The minimum absolute atomic E-state index is 0.720. The standard InChI is InChI=1S/C10H17N3S/c1-14-7-3-2-5-13-10-4-6-12-8-9(10)11/h4,6,8H,2-3,5,7,11H2,1H3,(H,12,13). The van der Waals surface area contributed by atoms with Gasteiger partial charge >= 0.3 is 0 Å². The molecule has 14 heavy (non-hydrogen) atoms. The molecule has 4 heteroatoms. The molecule has 0 saturated carbocycles. The zero-order valence-corrected chi connectivity index (χ0v) is 9.31. The molecule has 1 heterocycles. The summed E-state index contributed by atoms with van der Waals surface area (Å²) in [6.45, 7) is 0.981. The zero-order chi connectivity index (χ0) is 10.2. The van der Waals surface area contributed by atoms with Gasteiger partial charge in [0.1, 0.15) is 0 Å². The first-order valence-corrected chi connectivity index (χ1v) is 6.16. The summed E-state index contributed by atoms with van der Waals surface area (Å²) in [6.07, 6.45) is 7.99. The maximum absolute atomic E-state index is 5.73. The number of unbranched alkanes of at least 4 members (excludes halogenated alkanes) is 1. The third-order valence-corrected chi connectivity index (χ3v) is 2.64. The Hall–Kier alpha value is -0.900. The lowest BCUT2D eigenvalue weighted by molar-refractivity contribution is 0.843. The number of thioether (sulfide) groups is 1. The van der Waals surface area contributed by atoms with Crippen molar-refractivity contribution in [2.75, 3.05) is 29.6 Å². The van der Waals surface area contributed by atoms with Crippen LogP contribution in [-0.4, -0.2) is 23.5 Å². The van der Waals surface area contributed by atoms with E-state index in [1.165, 1.54) is 18.6 Å². The van der Waals surface area contributed by atoms with Crippen molar-refractivity contribution in [1.29, 1.82) is 0 Å². The summed E-state index contributed by atoms with van der Waals surface area (Å²) >= 11 is 1.89. The Kier molecular flexibility index (Phi) is 5.22. The van der Waals surface area contributed by atoms with E-state index in [1.54, 1.807) is 12.4 Å². The van der Waals surface area contributed by atoms with E-state index in [4.69, 9.17) is 5.73 Å². The van der Waals surface area contributed by atoms with Crippen LogP contribution >= 0.6 is 11.8 Å². The lowest BCUT2D eigenvalue weighted by atomic mass is 10.3. The summed E-state index contributed by atoms with van der Waals surface area (Å²) in [5.74, 6) is 1.23. The molecule has 0 saturated heterocycles. The normalized spacial score (nSPS) is 10.1. The maximum Gasteiger partial charge on any atom is 0.0736 e. The molecule has 3 nitrogen and oxygen atoms in total. The fourth-order valence-electron chi connectivity index (χ4n) is 1.16. The fourth-order valence-corrected chi connectivity index (χ4v) is 1.65. The molecule has 3 N–H and O–H groups in total. The quantitative estimate of drug-likeness (QED) is 0.708. The van der Waals surface area contributed by atoms with Gasteiger partial charge in [0, 0.05) is 12.7 Å². The summed E-state index contributed by atoms with van der Waals surface area (Å²) in [6, 6.07) is 1.91. The van der Waals surface area contributed by atoms with Crippen molar-refractivity contribution in [3.63, 3.8) is 0 Å². The van der Waals surface area contributed by atoms with Crippen LogP contribution in [0, 0.1) is 0 Å². The number of hydrogen-bond acceptors (Lipinski definition) is 4. The lowest BCUT2D eigenvalue weighted by Gasteiger charge is -2.07. The molecule has 0 aliphatic carbocycles. The number of rotatable bonds is 6. The van der Waals surface area contributed by atoms with Crippen molar-refractivity contribution in [2.45, 2.75) is 12.8 Å². The van der Waals surface area contributed by atoms with Gasteiger partial charge < -0.3 is 11.1 Å². The molecule has 1 rings (SSSR count). The molecule has 0 radical (unpaired) electrons. The average Bonchev–Trinajstić information content (AvgIpc) is 2.20. The third-order valence-electron chi connectivity index (χ3n) is 1.94. The number of nitrogens with zero attached hydrogens (tertiary/aromatic N) is 1. The summed E-state index contributed by atoms with van der Waals surface area (Å²) in [5, 5.41) is 3.30. The second-order valence-corrected chi connectivity index (χ2v) is 4.08. The molecule has 0 spiro atoms. The largest absolute Gasteiger partial charge is 0.396 e. The maximum atomic E-state index is 5.73. The first kappa shape index (κ1) is 11.2. The van der Waals surface area contributed by atoms with Crippen LogP contribution < -0.4 is 11.1 Å². The van der Waals surface area contributed by atoms with E-state index in [1.807, 2.05) is 17.8 Å². The van der Waals surface area contributed by atoms with Crippen LogP contribution in [0.25, 0.3) is 0 Å². The Balaban J connectivity index is 2.21. The highest BCUT2D eigenvalue weighted by Gasteiger charge is 1.95. The molecule has 0 fully saturated rings. The van der Waals surface area contributed by atoms with E-state index < -0.39 is 0 Å². The van der Waals surface area contributed by atoms with Crippen LogP contribution in [0.2, 0.25) is 0 Å². The van der Waals surface area contributed by atoms with Gasteiger partial charge in [-0.2, -0.15) is 11.8 Å². The molecule has 1 aromatic rings. The van der Waals surface area contributed by atoms with E-state index >= 15 is 0 Å². The van der Waals surface area contributed by atoms with E-state index in [2.05, 4.69) is 16.6 Å². The third kappa shape index (κ3) is 3.87. The van der Waals surface area contributed by atoms with Crippen molar-refractivity contribution in [1.82, 2.24) is 4.98 Å². The molecule has 0 atom stereocenters. The Labute approximate surface area is 89.5 Å². The van der Waals surface area contributed by atoms with Crippen molar-refractivity contribution in [3.05, 3.63) is 18.5 Å². The van der Waals surface area contributed by atoms with Crippen LogP contribution in [0.15, 0.2) is 18.5 Å². The van der Waals surface area contributed by atoms with E-state index in [-0.39, 0.29) is 0 Å². The summed E-state index contributed by atoms with van der Waals surface area (Å²) in [5.41, 5.74) is 7.44. The SMILES string of the molecule is CSCCCCNc1ccncc1N. The van der Waals surface area contributed by atoms with E-state index in [0.29, 0.717) is 0 Å². The molecule has 0 aliphatic heterocycles. The van der Waals surface area contributed by atoms with Gasteiger partial charge in [0.05, 0.1) is 17.6 Å². The average molecular weight is 211 g/mol. The van der Waals surface area contributed by atoms with Gasteiger partial charge in [-0.1, -0.05) is 0 Å². The first-order chi connectivity index (χ1) is 6.84. The Morgan fingerprint density at radius 2 is 2.36 bits per heavy atom. The summed E-state index contributed by atoms with van der Waals surface area (Å²) < 4.78 is 0. The monoisotopic (exact) mass is 211 g/mol. The van der Waals surface area contributed by atoms with Crippen molar-refractivity contribution >= 4 is 23.1 Å². The Bertz CT molecular complexity index is 265.